The van der Waals surface area contributed by atoms with Crippen LogP contribution in [0.1, 0.15) is 51.8 Å². The zero-order chi connectivity index (χ0) is 26.2. The van der Waals surface area contributed by atoms with Gasteiger partial charge in [-0.25, -0.2) is 9.31 Å². The number of esters is 1. The lowest BCUT2D eigenvalue weighted by atomic mass is 10.0. The third-order valence-electron chi connectivity index (χ3n) is 5.51. The van der Waals surface area contributed by atoms with Gasteiger partial charge in [-0.15, -0.1) is 0 Å². The van der Waals surface area contributed by atoms with Gasteiger partial charge in [0.1, 0.15) is 5.60 Å². The standard InChI is InChI=1S/C27H25ClN4O4/c1-27(2,3)36-26(35)20-14-19(9-10-22(20)28)31(4)25(34)18-11-12-32-23(13-18)21(15-30-32)16-5-7-17(8-6-16)24(29)33/h5-15H,1-4H3,(H2,29,33). The number of carbonyl (C=O) groups excluding carboxylic acids is 3. The lowest BCUT2D eigenvalue weighted by molar-refractivity contribution is 0.00695. The van der Waals surface area contributed by atoms with E-state index in [-0.39, 0.29) is 16.5 Å². The van der Waals surface area contributed by atoms with Gasteiger partial charge >= 0.3 is 5.97 Å². The Morgan fingerprint density at radius 2 is 1.69 bits per heavy atom. The normalized spacial score (nSPS) is 11.4. The van der Waals surface area contributed by atoms with Crippen LogP contribution in [0.2, 0.25) is 5.02 Å². The Balaban J connectivity index is 1.65. The van der Waals surface area contributed by atoms with Gasteiger partial charge in [0.05, 0.1) is 22.3 Å². The minimum Gasteiger partial charge on any atom is -0.456 e. The van der Waals surface area contributed by atoms with E-state index in [1.54, 1.807) is 93.3 Å². The maximum absolute atomic E-state index is 13.4. The fraction of sp³-hybridized carbons (Fsp3) is 0.185. The van der Waals surface area contributed by atoms with Crippen molar-refractivity contribution in [3.63, 3.8) is 0 Å². The number of halogens is 1. The SMILES string of the molecule is CN(C(=O)c1ccn2ncc(-c3ccc(C(N)=O)cc3)c2c1)c1ccc(Cl)c(C(=O)OC(C)(C)C)c1. The van der Waals surface area contributed by atoms with E-state index in [1.807, 2.05) is 0 Å². The highest BCUT2D eigenvalue weighted by atomic mass is 35.5. The van der Waals surface area contributed by atoms with Crippen molar-refractivity contribution in [1.29, 1.82) is 0 Å². The van der Waals surface area contributed by atoms with Crippen LogP contribution in [-0.4, -0.2) is 40.0 Å². The van der Waals surface area contributed by atoms with Crippen LogP contribution in [0, 0.1) is 0 Å². The fourth-order valence-electron chi connectivity index (χ4n) is 3.67. The molecule has 36 heavy (non-hydrogen) atoms. The Bertz CT molecular complexity index is 1490. The van der Waals surface area contributed by atoms with Gasteiger partial charge in [0.15, 0.2) is 0 Å². The van der Waals surface area contributed by atoms with Crippen molar-refractivity contribution in [1.82, 2.24) is 9.61 Å². The van der Waals surface area contributed by atoms with Crippen LogP contribution in [-0.2, 0) is 4.74 Å². The smallest absolute Gasteiger partial charge is 0.340 e. The predicted octanol–water partition coefficient (Wildman–Crippen LogP) is 4.99. The summed E-state index contributed by atoms with van der Waals surface area (Å²) in [5, 5.41) is 4.60. The highest BCUT2D eigenvalue weighted by Crippen LogP contribution is 2.28. The number of hydrogen-bond donors (Lipinski definition) is 1. The number of hydrogen-bond acceptors (Lipinski definition) is 5. The van der Waals surface area contributed by atoms with E-state index in [1.165, 1.54) is 11.0 Å². The van der Waals surface area contributed by atoms with Crippen molar-refractivity contribution in [2.75, 3.05) is 11.9 Å². The highest BCUT2D eigenvalue weighted by molar-refractivity contribution is 6.33. The van der Waals surface area contributed by atoms with Gasteiger partial charge in [-0.1, -0.05) is 23.7 Å². The summed E-state index contributed by atoms with van der Waals surface area (Å²) in [6.07, 6.45) is 3.39. The molecule has 0 fully saturated rings. The largest absolute Gasteiger partial charge is 0.456 e. The number of ether oxygens (including phenoxy) is 1. The molecule has 4 aromatic rings. The van der Waals surface area contributed by atoms with Crippen molar-refractivity contribution in [2.45, 2.75) is 26.4 Å². The van der Waals surface area contributed by atoms with Gasteiger partial charge in [-0.05, 0) is 68.8 Å². The van der Waals surface area contributed by atoms with Gasteiger partial charge in [0.2, 0.25) is 5.91 Å². The maximum Gasteiger partial charge on any atom is 0.340 e. The highest BCUT2D eigenvalue weighted by Gasteiger charge is 2.22. The van der Waals surface area contributed by atoms with Crippen LogP contribution in [0.15, 0.2) is 67.0 Å². The topological polar surface area (TPSA) is 107 Å². The Morgan fingerprint density at radius 3 is 2.33 bits per heavy atom. The fourth-order valence-corrected chi connectivity index (χ4v) is 3.87. The molecule has 0 spiro atoms. The molecule has 0 saturated heterocycles. The molecule has 9 heteroatoms. The molecule has 184 valence electrons. The molecule has 0 saturated carbocycles. The van der Waals surface area contributed by atoms with Gasteiger partial charge in [0.25, 0.3) is 5.91 Å². The molecule has 0 radical (unpaired) electrons. The second-order valence-electron chi connectivity index (χ2n) is 9.28. The Hall–Kier alpha value is -4.17. The van der Waals surface area contributed by atoms with E-state index >= 15 is 0 Å². The Labute approximate surface area is 213 Å². The minimum absolute atomic E-state index is 0.177. The summed E-state index contributed by atoms with van der Waals surface area (Å²) < 4.78 is 7.10. The predicted molar refractivity (Wildman–Crippen MR) is 138 cm³/mol. The molecule has 2 heterocycles. The average Bonchev–Trinajstić information content (AvgIpc) is 3.25. The number of rotatable bonds is 5. The Morgan fingerprint density at radius 1 is 1.00 bits per heavy atom. The zero-order valence-electron chi connectivity index (χ0n) is 20.3. The zero-order valence-corrected chi connectivity index (χ0v) is 21.0. The maximum atomic E-state index is 13.4. The molecule has 2 amide bonds. The van der Waals surface area contributed by atoms with Crippen molar-refractivity contribution in [3.8, 4) is 11.1 Å². The molecule has 0 atom stereocenters. The summed E-state index contributed by atoms with van der Waals surface area (Å²) in [7, 11) is 1.62. The van der Waals surface area contributed by atoms with Crippen molar-refractivity contribution < 1.29 is 19.1 Å². The van der Waals surface area contributed by atoms with E-state index in [2.05, 4.69) is 5.10 Å². The lowest BCUT2D eigenvalue weighted by Gasteiger charge is -2.22. The quantitative estimate of drug-likeness (QED) is 0.385. The molecule has 0 aliphatic heterocycles. The molecule has 2 aromatic carbocycles. The Kier molecular flexibility index (Phi) is 6.56. The summed E-state index contributed by atoms with van der Waals surface area (Å²) in [5.74, 6) is -1.36. The van der Waals surface area contributed by atoms with E-state index in [0.717, 1.165) is 11.1 Å². The van der Waals surface area contributed by atoms with Crippen LogP contribution in [0.5, 0.6) is 0 Å². The average molecular weight is 505 g/mol. The van der Waals surface area contributed by atoms with E-state index in [9.17, 15) is 14.4 Å². The van der Waals surface area contributed by atoms with Crippen LogP contribution >= 0.6 is 11.6 Å². The van der Waals surface area contributed by atoms with Crippen molar-refractivity contribution in [2.24, 2.45) is 5.73 Å². The van der Waals surface area contributed by atoms with Crippen molar-refractivity contribution >= 4 is 40.6 Å². The van der Waals surface area contributed by atoms with Crippen LogP contribution in [0.25, 0.3) is 16.6 Å². The first-order valence-corrected chi connectivity index (χ1v) is 11.5. The lowest BCUT2D eigenvalue weighted by Crippen LogP contribution is -2.27. The number of amides is 2. The van der Waals surface area contributed by atoms with Gasteiger partial charge in [0, 0.05) is 35.6 Å². The van der Waals surface area contributed by atoms with E-state index in [0.29, 0.717) is 22.3 Å². The number of fused-ring (bicyclic) bond motifs is 1. The van der Waals surface area contributed by atoms with E-state index in [4.69, 9.17) is 22.1 Å². The van der Waals surface area contributed by atoms with Gasteiger partial charge in [-0.3, -0.25) is 9.59 Å². The number of benzene rings is 2. The second-order valence-corrected chi connectivity index (χ2v) is 9.68. The molecular weight excluding hydrogens is 480 g/mol. The molecule has 8 nitrogen and oxygen atoms in total. The number of anilines is 1. The molecule has 0 unspecified atom stereocenters. The first-order valence-electron chi connectivity index (χ1n) is 11.1. The van der Waals surface area contributed by atoms with Crippen LogP contribution < -0.4 is 10.6 Å². The molecule has 0 bridgehead atoms. The molecule has 0 aliphatic rings. The number of nitrogens with two attached hydrogens (primary N) is 1. The summed E-state index contributed by atoms with van der Waals surface area (Å²) in [4.78, 5) is 38.8. The van der Waals surface area contributed by atoms with E-state index < -0.39 is 17.5 Å². The second kappa shape index (κ2) is 9.47. The summed E-state index contributed by atoms with van der Waals surface area (Å²) in [6, 6.07) is 15.0. The molecule has 0 aliphatic carbocycles. The minimum atomic E-state index is -0.684. The first kappa shape index (κ1) is 24.9. The number of primary amides is 1. The number of nitrogens with zero attached hydrogens (tertiary/aromatic N) is 3. The molecular formula is C27H25ClN4O4. The summed E-state index contributed by atoms with van der Waals surface area (Å²) in [5.41, 5.74) is 8.48. The number of pyridine rings is 1. The number of carbonyl (C=O) groups is 3. The third kappa shape index (κ3) is 5.08. The van der Waals surface area contributed by atoms with Crippen molar-refractivity contribution in [3.05, 3.63) is 88.7 Å². The van der Waals surface area contributed by atoms with Gasteiger partial charge < -0.3 is 15.4 Å². The third-order valence-corrected chi connectivity index (χ3v) is 5.84. The van der Waals surface area contributed by atoms with Gasteiger partial charge in [-0.2, -0.15) is 5.10 Å². The summed E-state index contributed by atoms with van der Waals surface area (Å²) >= 11 is 6.24. The molecule has 2 aromatic heterocycles. The summed E-state index contributed by atoms with van der Waals surface area (Å²) in [6.45, 7) is 5.31. The van der Waals surface area contributed by atoms with Crippen LogP contribution in [0.4, 0.5) is 5.69 Å². The van der Waals surface area contributed by atoms with Crippen LogP contribution in [0.3, 0.4) is 0 Å². The molecule has 4 rings (SSSR count). The molecule has 2 N–H and O–H groups in total. The number of aromatic nitrogens is 2. The first-order chi connectivity index (χ1) is 16.9. The monoisotopic (exact) mass is 504 g/mol.